The van der Waals surface area contributed by atoms with Crippen molar-refractivity contribution in [1.82, 2.24) is 5.32 Å². The highest BCUT2D eigenvalue weighted by Crippen LogP contribution is 2.33. The number of aryl methyl sites for hydroxylation is 1. The van der Waals surface area contributed by atoms with Gasteiger partial charge in [-0.1, -0.05) is 6.07 Å². The maximum absolute atomic E-state index is 11.6. The standard InChI is InChI=1S/C22H29N3O5S/c1-16-4-10-20(19-9-11-21(26)24-22(16)19)30-15-13-23-12-3-14-29-18-7-5-17(6-8-18)25-31(2,27)28/h4-8,10,23,25H,3,9,11-15H2,1-2H3,(H,24,26). The van der Waals surface area contributed by atoms with Crippen LogP contribution in [0.1, 0.15) is 24.0 Å². The van der Waals surface area contributed by atoms with Crippen LogP contribution in [0.25, 0.3) is 0 Å². The second-order valence-electron chi connectivity index (χ2n) is 7.48. The largest absolute Gasteiger partial charge is 0.494 e. The molecule has 3 rings (SSSR count). The van der Waals surface area contributed by atoms with Gasteiger partial charge in [0.25, 0.3) is 0 Å². The van der Waals surface area contributed by atoms with Crippen LogP contribution in [0.5, 0.6) is 11.5 Å². The summed E-state index contributed by atoms with van der Waals surface area (Å²) in [6.07, 6.45) is 3.13. The number of sulfonamides is 1. The molecule has 2 aromatic rings. The Kier molecular flexibility index (Phi) is 7.75. The molecule has 1 heterocycles. The molecule has 8 nitrogen and oxygen atoms in total. The first-order chi connectivity index (χ1) is 14.8. The molecule has 0 saturated heterocycles. The van der Waals surface area contributed by atoms with Gasteiger partial charge in [0.1, 0.15) is 18.1 Å². The third kappa shape index (κ3) is 7.15. The molecule has 2 aromatic carbocycles. The Morgan fingerprint density at radius 2 is 1.77 bits per heavy atom. The van der Waals surface area contributed by atoms with Gasteiger partial charge in [-0.25, -0.2) is 8.42 Å². The highest BCUT2D eigenvalue weighted by Gasteiger charge is 2.20. The first-order valence-corrected chi connectivity index (χ1v) is 12.2. The van der Waals surface area contributed by atoms with Crippen LogP contribution in [0.3, 0.4) is 0 Å². The summed E-state index contributed by atoms with van der Waals surface area (Å²) < 4.78 is 36.4. The maximum Gasteiger partial charge on any atom is 0.229 e. The maximum atomic E-state index is 11.6. The van der Waals surface area contributed by atoms with E-state index in [9.17, 15) is 13.2 Å². The van der Waals surface area contributed by atoms with E-state index in [4.69, 9.17) is 9.47 Å². The summed E-state index contributed by atoms with van der Waals surface area (Å²) in [6, 6.07) is 10.7. The van der Waals surface area contributed by atoms with E-state index in [2.05, 4.69) is 15.4 Å². The lowest BCUT2D eigenvalue weighted by molar-refractivity contribution is -0.116. The molecule has 0 atom stereocenters. The lowest BCUT2D eigenvalue weighted by Gasteiger charge is -2.22. The highest BCUT2D eigenvalue weighted by atomic mass is 32.2. The van der Waals surface area contributed by atoms with Gasteiger partial charge in [0.05, 0.1) is 18.6 Å². The number of ether oxygens (including phenoxy) is 2. The minimum absolute atomic E-state index is 0.0538. The third-order valence-electron chi connectivity index (χ3n) is 4.81. The predicted octanol–water partition coefficient (Wildman–Crippen LogP) is 2.69. The fourth-order valence-corrected chi connectivity index (χ4v) is 3.89. The zero-order valence-corrected chi connectivity index (χ0v) is 18.7. The van der Waals surface area contributed by atoms with Crippen LogP contribution in [0, 0.1) is 6.92 Å². The number of carbonyl (C=O) groups excluding carboxylic acids is 1. The van der Waals surface area contributed by atoms with E-state index in [1.807, 2.05) is 19.1 Å². The molecular weight excluding hydrogens is 418 g/mol. The highest BCUT2D eigenvalue weighted by molar-refractivity contribution is 7.92. The van der Waals surface area contributed by atoms with Gasteiger partial charge in [-0.05, 0) is 62.2 Å². The quantitative estimate of drug-likeness (QED) is 0.458. The number of benzene rings is 2. The molecule has 168 valence electrons. The summed E-state index contributed by atoms with van der Waals surface area (Å²) in [5.74, 6) is 1.58. The zero-order valence-electron chi connectivity index (χ0n) is 17.9. The molecule has 0 unspecified atom stereocenters. The van der Waals surface area contributed by atoms with Crippen molar-refractivity contribution >= 4 is 27.3 Å². The van der Waals surface area contributed by atoms with Gasteiger partial charge >= 0.3 is 0 Å². The monoisotopic (exact) mass is 447 g/mol. The van der Waals surface area contributed by atoms with E-state index >= 15 is 0 Å². The van der Waals surface area contributed by atoms with Gasteiger partial charge in [0.2, 0.25) is 15.9 Å². The van der Waals surface area contributed by atoms with E-state index in [1.54, 1.807) is 24.3 Å². The van der Waals surface area contributed by atoms with Crippen LogP contribution in [0.4, 0.5) is 11.4 Å². The summed E-state index contributed by atoms with van der Waals surface area (Å²) in [7, 11) is -3.27. The number of carbonyl (C=O) groups is 1. The number of rotatable bonds is 11. The lowest BCUT2D eigenvalue weighted by atomic mass is 9.98. The fraction of sp³-hybridized carbons (Fsp3) is 0.409. The molecule has 1 aliphatic rings. The van der Waals surface area contributed by atoms with Gasteiger partial charge in [0, 0.05) is 24.2 Å². The summed E-state index contributed by atoms with van der Waals surface area (Å²) in [5.41, 5.74) is 3.52. The van der Waals surface area contributed by atoms with Crippen molar-refractivity contribution in [3.63, 3.8) is 0 Å². The SMILES string of the molecule is Cc1ccc(OCCNCCCOc2ccc(NS(C)(=O)=O)cc2)c2c1NC(=O)CC2. The fourth-order valence-electron chi connectivity index (χ4n) is 3.32. The molecule has 1 aliphatic heterocycles. The Morgan fingerprint density at radius 3 is 2.52 bits per heavy atom. The number of hydrogen-bond donors (Lipinski definition) is 3. The van der Waals surface area contributed by atoms with Crippen molar-refractivity contribution in [3.05, 3.63) is 47.5 Å². The summed E-state index contributed by atoms with van der Waals surface area (Å²) in [6.45, 7) is 4.58. The van der Waals surface area contributed by atoms with Crippen molar-refractivity contribution in [2.75, 3.05) is 42.6 Å². The number of amides is 1. The van der Waals surface area contributed by atoms with Gasteiger partial charge in [0.15, 0.2) is 0 Å². The van der Waals surface area contributed by atoms with Crippen molar-refractivity contribution in [2.45, 2.75) is 26.2 Å². The molecule has 0 saturated carbocycles. The molecule has 9 heteroatoms. The molecule has 0 bridgehead atoms. The topological polar surface area (TPSA) is 106 Å². The van der Waals surface area contributed by atoms with E-state index in [0.717, 1.165) is 41.8 Å². The zero-order chi connectivity index (χ0) is 22.3. The minimum Gasteiger partial charge on any atom is -0.494 e. The van der Waals surface area contributed by atoms with Crippen molar-refractivity contribution in [1.29, 1.82) is 0 Å². The van der Waals surface area contributed by atoms with Crippen molar-refractivity contribution < 1.29 is 22.7 Å². The lowest BCUT2D eigenvalue weighted by Crippen LogP contribution is -2.24. The molecule has 0 spiro atoms. The molecule has 0 radical (unpaired) electrons. The van der Waals surface area contributed by atoms with Crippen molar-refractivity contribution in [3.8, 4) is 11.5 Å². The Labute approximate surface area is 183 Å². The van der Waals surface area contributed by atoms with Gasteiger partial charge in [-0.2, -0.15) is 0 Å². The van der Waals surface area contributed by atoms with E-state index in [-0.39, 0.29) is 5.91 Å². The summed E-state index contributed by atoms with van der Waals surface area (Å²) in [5, 5.41) is 6.26. The van der Waals surface area contributed by atoms with Crippen LogP contribution in [-0.2, 0) is 21.2 Å². The normalized spacial score (nSPS) is 13.3. The Balaban J connectivity index is 1.31. The molecule has 0 aliphatic carbocycles. The second kappa shape index (κ2) is 10.5. The molecule has 3 N–H and O–H groups in total. The Hall–Kier alpha value is -2.78. The first kappa shape index (κ1) is 22.9. The van der Waals surface area contributed by atoms with Crippen LogP contribution in [-0.4, -0.2) is 46.9 Å². The van der Waals surface area contributed by atoms with E-state index in [1.165, 1.54) is 0 Å². The number of anilines is 2. The third-order valence-corrected chi connectivity index (χ3v) is 5.41. The molecule has 0 fully saturated rings. The number of nitrogens with one attached hydrogen (secondary N) is 3. The number of hydrogen-bond acceptors (Lipinski definition) is 6. The first-order valence-electron chi connectivity index (χ1n) is 10.3. The van der Waals surface area contributed by atoms with Gasteiger partial charge in [-0.15, -0.1) is 0 Å². The minimum atomic E-state index is -3.27. The second-order valence-corrected chi connectivity index (χ2v) is 9.23. The van der Waals surface area contributed by atoms with Crippen LogP contribution < -0.4 is 24.8 Å². The average molecular weight is 448 g/mol. The molecule has 31 heavy (non-hydrogen) atoms. The van der Waals surface area contributed by atoms with E-state index < -0.39 is 10.0 Å². The molecule has 1 amide bonds. The smallest absolute Gasteiger partial charge is 0.229 e. The molecular formula is C22H29N3O5S. The molecule has 0 aromatic heterocycles. The van der Waals surface area contributed by atoms with Crippen LogP contribution >= 0.6 is 0 Å². The predicted molar refractivity (Wildman–Crippen MR) is 122 cm³/mol. The van der Waals surface area contributed by atoms with Gasteiger partial charge in [-0.3, -0.25) is 9.52 Å². The van der Waals surface area contributed by atoms with Crippen molar-refractivity contribution in [2.24, 2.45) is 0 Å². The summed E-state index contributed by atoms with van der Waals surface area (Å²) in [4.78, 5) is 11.6. The summed E-state index contributed by atoms with van der Waals surface area (Å²) >= 11 is 0. The average Bonchev–Trinajstić information content (AvgIpc) is 2.72. The Bertz CT molecular complexity index is 1010. The van der Waals surface area contributed by atoms with E-state index in [0.29, 0.717) is 44.0 Å². The van der Waals surface area contributed by atoms with Crippen LogP contribution in [0.2, 0.25) is 0 Å². The Morgan fingerprint density at radius 1 is 1.00 bits per heavy atom. The number of fused-ring (bicyclic) bond motifs is 1. The van der Waals surface area contributed by atoms with Crippen LogP contribution in [0.15, 0.2) is 36.4 Å². The van der Waals surface area contributed by atoms with Gasteiger partial charge < -0.3 is 20.1 Å².